The average Bonchev–Trinajstić information content (AvgIpc) is 2.76. The third kappa shape index (κ3) is 5.70. The summed E-state index contributed by atoms with van der Waals surface area (Å²) in [5.41, 5.74) is 2.39. The van der Waals surface area contributed by atoms with Crippen LogP contribution in [0.4, 0.5) is 10.1 Å². The Morgan fingerprint density at radius 2 is 1.83 bits per heavy atom. The van der Waals surface area contributed by atoms with Crippen LogP contribution < -0.4 is 4.90 Å². The predicted octanol–water partition coefficient (Wildman–Crippen LogP) is 2.23. The highest BCUT2D eigenvalue weighted by molar-refractivity contribution is 6.30. The number of anilines is 1. The van der Waals surface area contributed by atoms with Gasteiger partial charge in [0.15, 0.2) is 0 Å². The van der Waals surface area contributed by atoms with Crippen molar-refractivity contribution in [3.05, 3.63) is 64.4 Å². The van der Waals surface area contributed by atoms with Crippen LogP contribution in [0.25, 0.3) is 0 Å². The number of aliphatic hydroxyl groups excluding tert-OH is 2. The molecule has 1 atom stereocenters. The first-order valence-corrected chi connectivity index (χ1v) is 10.3. The third-order valence-electron chi connectivity index (χ3n) is 5.28. The molecule has 0 spiro atoms. The lowest BCUT2D eigenvalue weighted by molar-refractivity contribution is 0.0575. The van der Waals surface area contributed by atoms with E-state index in [1.165, 1.54) is 12.1 Å². The molecular formula is C22H27ClFN3O3. The van der Waals surface area contributed by atoms with E-state index in [2.05, 4.69) is 9.80 Å². The van der Waals surface area contributed by atoms with E-state index in [4.69, 9.17) is 16.7 Å². The molecule has 0 aliphatic carbocycles. The maximum Gasteiger partial charge on any atom is 0.253 e. The van der Waals surface area contributed by atoms with Gasteiger partial charge < -0.3 is 20.0 Å². The molecule has 0 saturated carbocycles. The standard InChI is InChI=1S/C22H27ClFN3O3/c1-25(13-16-2-7-21(24)20(23)12-16)22(30)17-3-5-18(6-4-17)27-10-8-26(9-11-27)14-19(29)15-28/h2-7,12,19,28-29H,8-11,13-15H2,1H3/t19-/m0/s1. The fraction of sp³-hybridized carbons (Fsp3) is 0.409. The lowest BCUT2D eigenvalue weighted by atomic mass is 10.1. The molecule has 2 aromatic carbocycles. The maximum absolute atomic E-state index is 13.3. The highest BCUT2D eigenvalue weighted by Crippen LogP contribution is 2.20. The average molecular weight is 436 g/mol. The molecular weight excluding hydrogens is 409 g/mol. The lowest BCUT2D eigenvalue weighted by Crippen LogP contribution is -2.49. The minimum atomic E-state index is -0.704. The number of carbonyl (C=O) groups excluding carboxylic acids is 1. The summed E-state index contributed by atoms with van der Waals surface area (Å²) in [6.45, 7) is 3.83. The Hall–Kier alpha value is -2.19. The van der Waals surface area contributed by atoms with E-state index in [1.54, 1.807) is 18.0 Å². The molecule has 3 rings (SSSR count). The number of β-amino-alcohol motifs (C(OH)–C–C–N with tert-alkyl or cyclic N) is 1. The molecule has 30 heavy (non-hydrogen) atoms. The Morgan fingerprint density at radius 1 is 1.17 bits per heavy atom. The van der Waals surface area contributed by atoms with Crippen LogP contribution >= 0.6 is 11.6 Å². The zero-order chi connectivity index (χ0) is 21.7. The summed E-state index contributed by atoms with van der Waals surface area (Å²) in [7, 11) is 1.70. The molecule has 0 aromatic heterocycles. The maximum atomic E-state index is 13.3. The Labute approximate surface area is 181 Å². The van der Waals surface area contributed by atoms with Crippen LogP contribution in [0.2, 0.25) is 5.02 Å². The molecule has 1 heterocycles. The van der Waals surface area contributed by atoms with E-state index in [0.717, 1.165) is 37.4 Å². The number of rotatable bonds is 7. The molecule has 2 aromatic rings. The quantitative estimate of drug-likeness (QED) is 0.698. The molecule has 0 radical (unpaired) electrons. The fourth-order valence-corrected chi connectivity index (χ4v) is 3.77. The van der Waals surface area contributed by atoms with E-state index in [9.17, 15) is 14.3 Å². The number of benzene rings is 2. The minimum Gasteiger partial charge on any atom is -0.394 e. The Balaban J connectivity index is 1.56. The second-order valence-corrected chi connectivity index (χ2v) is 7.99. The van der Waals surface area contributed by atoms with E-state index < -0.39 is 11.9 Å². The summed E-state index contributed by atoms with van der Waals surface area (Å²) in [6.07, 6.45) is -0.704. The molecule has 1 aliphatic heterocycles. The second kappa shape index (κ2) is 10.2. The minimum absolute atomic E-state index is 0.0451. The smallest absolute Gasteiger partial charge is 0.253 e. The normalized spacial score (nSPS) is 15.8. The van der Waals surface area contributed by atoms with Crippen molar-refractivity contribution in [2.45, 2.75) is 12.6 Å². The van der Waals surface area contributed by atoms with Gasteiger partial charge in [-0.3, -0.25) is 9.69 Å². The topological polar surface area (TPSA) is 67.3 Å². The summed E-state index contributed by atoms with van der Waals surface area (Å²) in [5.74, 6) is -0.597. The molecule has 0 bridgehead atoms. The van der Waals surface area contributed by atoms with Crippen LogP contribution in [0.5, 0.6) is 0 Å². The van der Waals surface area contributed by atoms with E-state index in [0.29, 0.717) is 18.7 Å². The molecule has 6 nitrogen and oxygen atoms in total. The molecule has 1 fully saturated rings. The van der Waals surface area contributed by atoms with Crippen molar-refractivity contribution in [3.63, 3.8) is 0 Å². The number of carbonyl (C=O) groups is 1. The SMILES string of the molecule is CN(Cc1ccc(F)c(Cl)c1)C(=O)c1ccc(N2CCN(C[C@H](O)CO)CC2)cc1. The highest BCUT2D eigenvalue weighted by atomic mass is 35.5. The van der Waals surface area contributed by atoms with Gasteiger partial charge in [-0.15, -0.1) is 0 Å². The molecule has 8 heteroatoms. The van der Waals surface area contributed by atoms with E-state index in [1.807, 2.05) is 24.3 Å². The van der Waals surface area contributed by atoms with Crippen molar-refractivity contribution in [1.29, 1.82) is 0 Å². The van der Waals surface area contributed by atoms with Crippen LogP contribution in [0, 0.1) is 5.82 Å². The van der Waals surface area contributed by atoms with Gasteiger partial charge in [0, 0.05) is 57.6 Å². The highest BCUT2D eigenvalue weighted by Gasteiger charge is 2.20. The first-order valence-electron chi connectivity index (χ1n) is 9.93. The number of piperazine rings is 1. The van der Waals surface area contributed by atoms with Crippen LogP contribution in [-0.2, 0) is 6.54 Å². The first-order chi connectivity index (χ1) is 14.4. The van der Waals surface area contributed by atoms with Crippen LogP contribution in [0.15, 0.2) is 42.5 Å². The molecule has 162 valence electrons. The number of amides is 1. The van der Waals surface area contributed by atoms with Gasteiger partial charge in [0.1, 0.15) is 5.82 Å². The second-order valence-electron chi connectivity index (χ2n) is 7.58. The third-order valence-corrected chi connectivity index (χ3v) is 5.57. The van der Waals surface area contributed by atoms with Crippen molar-refractivity contribution >= 4 is 23.2 Å². The molecule has 0 unspecified atom stereocenters. The van der Waals surface area contributed by atoms with Gasteiger partial charge in [0.2, 0.25) is 0 Å². The van der Waals surface area contributed by atoms with Crippen LogP contribution in [-0.4, -0.2) is 78.4 Å². The summed E-state index contributed by atoms with van der Waals surface area (Å²) >= 11 is 5.82. The summed E-state index contributed by atoms with van der Waals surface area (Å²) in [5, 5.41) is 18.6. The molecule has 1 aliphatic rings. The Kier molecular flexibility index (Phi) is 7.66. The summed E-state index contributed by atoms with van der Waals surface area (Å²) < 4.78 is 13.3. The van der Waals surface area contributed by atoms with Crippen LogP contribution in [0.1, 0.15) is 15.9 Å². The van der Waals surface area contributed by atoms with Gasteiger partial charge in [0.05, 0.1) is 17.7 Å². The van der Waals surface area contributed by atoms with Crippen molar-refractivity contribution in [1.82, 2.24) is 9.80 Å². The molecule has 1 amide bonds. The zero-order valence-electron chi connectivity index (χ0n) is 17.0. The number of nitrogens with zero attached hydrogens (tertiary/aromatic N) is 3. The predicted molar refractivity (Wildman–Crippen MR) is 115 cm³/mol. The van der Waals surface area contributed by atoms with Crippen molar-refractivity contribution in [3.8, 4) is 0 Å². The Morgan fingerprint density at radius 3 is 2.43 bits per heavy atom. The monoisotopic (exact) mass is 435 g/mol. The van der Waals surface area contributed by atoms with Crippen molar-refractivity contribution < 1.29 is 19.4 Å². The van der Waals surface area contributed by atoms with Gasteiger partial charge in [-0.2, -0.15) is 0 Å². The number of aliphatic hydroxyl groups is 2. The van der Waals surface area contributed by atoms with Gasteiger partial charge in [-0.05, 0) is 42.0 Å². The largest absolute Gasteiger partial charge is 0.394 e. The van der Waals surface area contributed by atoms with Crippen molar-refractivity contribution in [2.75, 3.05) is 51.3 Å². The van der Waals surface area contributed by atoms with Crippen LogP contribution in [0.3, 0.4) is 0 Å². The molecule has 2 N–H and O–H groups in total. The van der Waals surface area contributed by atoms with E-state index in [-0.39, 0.29) is 17.5 Å². The fourth-order valence-electron chi connectivity index (χ4n) is 3.56. The van der Waals surface area contributed by atoms with Gasteiger partial charge in [-0.1, -0.05) is 17.7 Å². The number of hydrogen-bond donors (Lipinski definition) is 2. The first kappa shape index (κ1) is 22.5. The summed E-state index contributed by atoms with van der Waals surface area (Å²) in [6, 6.07) is 12.0. The summed E-state index contributed by atoms with van der Waals surface area (Å²) in [4.78, 5) is 18.7. The zero-order valence-corrected chi connectivity index (χ0v) is 17.7. The molecule has 1 saturated heterocycles. The van der Waals surface area contributed by atoms with Gasteiger partial charge >= 0.3 is 0 Å². The Bertz CT molecular complexity index is 857. The number of halogens is 2. The van der Waals surface area contributed by atoms with Gasteiger partial charge in [0.25, 0.3) is 5.91 Å². The van der Waals surface area contributed by atoms with Crippen molar-refractivity contribution in [2.24, 2.45) is 0 Å². The van der Waals surface area contributed by atoms with E-state index >= 15 is 0 Å². The lowest BCUT2D eigenvalue weighted by Gasteiger charge is -2.36. The van der Waals surface area contributed by atoms with Gasteiger partial charge in [-0.25, -0.2) is 4.39 Å². The number of hydrogen-bond acceptors (Lipinski definition) is 5.